The summed E-state index contributed by atoms with van der Waals surface area (Å²) in [5.74, 6) is 0.907. The molecule has 6 heteroatoms. The van der Waals surface area contributed by atoms with E-state index in [1.54, 1.807) is 7.11 Å². The number of halogens is 1. The highest BCUT2D eigenvalue weighted by molar-refractivity contribution is 14.0. The van der Waals surface area contributed by atoms with Crippen LogP contribution in [0.4, 0.5) is 0 Å². The van der Waals surface area contributed by atoms with E-state index in [0.717, 1.165) is 25.5 Å². The van der Waals surface area contributed by atoms with Crippen molar-refractivity contribution in [2.45, 2.75) is 52.2 Å². The maximum absolute atomic E-state index is 5.15. The van der Waals surface area contributed by atoms with Gasteiger partial charge in [-0.05, 0) is 56.9 Å². The zero-order valence-corrected chi connectivity index (χ0v) is 19.3. The van der Waals surface area contributed by atoms with Crippen LogP contribution in [0.25, 0.3) is 0 Å². The summed E-state index contributed by atoms with van der Waals surface area (Å²) < 4.78 is 5.15. The fourth-order valence-corrected chi connectivity index (χ4v) is 3.29. The van der Waals surface area contributed by atoms with Gasteiger partial charge in [-0.15, -0.1) is 24.0 Å². The first kappa shape index (κ1) is 24.2. The summed E-state index contributed by atoms with van der Waals surface area (Å²) in [5, 5.41) is 6.81. The van der Waals surface area contributed by atoms with Crippen LogP contribution in [0, 0.1) is 0 Å². The van der Waals surface area contributed by atoms with E-state index in [1.165, 1.54) is 56.4 Å². The molecule has 5 nitrogen and oxygen atoms in total. The van der Waals surface area contributed by atoms with Crippen molar-refractivity contribution in [3.05, 3.63) is 35.4 Å². The molecule has 2 N–H and O–H groups in total. The van der Waals surface area contributed by atoms with Crippen LogP contribution in [0.3, 0.4) is 0 Å². The number of hydrogen-bond donors (Lipinski definition) is 2. The monoisotopic (exact) mass is 488 g/mol. The highest BCUT2D eigenvalue weighted by Gasteiger charge is 2.08. The highest BCUT2D eigenvalue weighted by Crippen LogP contribution is 2.09. The van der Waals surface area contributed by atoms with Crippen molar-refractivity contribution in [1.82, 2.24) is 15.5 Å². The molecular weight excluding hydrogens is 451 g/mol. The van der Waals surface area contributed by atoms with Crippen molar-refractivity contribution in [2.75, 3.05) is 39.8 Å². The first-order chi connectivity index (χ1) is 12.8. The molecule has 0 radical (unpaired) electrons. The van der Waals surface area contributed by atoms with E-state index in [-0.39, 0.29) is 24.0 Å². The molecule has 1 aromatic carbocycles. The zero-order chi connectivity index (χ0) is 18.5. The number of methoxy groups -OCH3 is 1. The molecule has 0 spiro atoms. The Hall–Kier alpha value is -0.860. The van der Waals surface area contributed by atoms with Crippen LogP contribution < -0.4 is 10.6 Å². The first-order valence-corrected chi connectivity index (χ1v) is 10.1. The number of ether oxygens (including phenoxy) is 1. The maximum Gasteiger partial charge on any atom is 0.191 e. The minimum absolute atomic E-state index is 0. The summed E-state index contributed by atoms with van der Waals surface area (Å²) in [5.41, 5.74) is 2.41. The fourth-order valence-electron chi connectivity index (χ4n) is 3.29. The molecule has 0 bridgehead atoms. The van der Waals surface area contributed by atoms with Gasteiger partial charge in [0.15, 0.2) is 5.96 Å². The molecule has 1 aliphatic heterocycles. The van der Waals surface area contributed by atoms with Gasteiger partial charge < -0.3 is 20.3 Å². The van der Waals surface area contributed by atoms with Crippen LogP contribution in [0.2, 0.25) is 0 Å². The zero-order valence-electron chi connectivity index (χ0n) is 17.0. The molecule has 1 heterocycles. The predicted octanol–water partition coefficient (Wildman–Crippen LogP) is 3.77. The van der Waals surface area contributed by atoms with Gasteiger partial charge in [0, 0.05) is 20.2 Å². The third-order valence-electron chi connectivity index (χ3n) is 4.74. The summed E-state index contributed by atoms with van der Waals surface area (Å²) in [4.78, 5) is 7.32. The predicted molar refractivity (Wildman–Crippen MR) is 125 cm³/mol. The Morgan fingerprint density at radius 3 is 2.33 bits per heavy atom. The number of likely N-dealkylation sites (tertiary alicyclic amines) is 1. The number of guanidine groups is 1. The summed E-state index contributed by atoms with van der Waals surface area (Å²) in [6, 6.07) is 8.47. The molecule has 0 aliphatic carbocycles. The molecule has 1 aliphatic rings. The van der Waals surface area contributed by atoms with Gasteiger partial charge >= 0.3 is 0 Å². The SMILES string of the molecule is CCNC(=NCc1ccc(COC)cc1)NCCCN1CCCCCC1.I. The lowest BCUT2D eigenvalue weighted by molar-refractivity contribution is 0.185. The van der Waals surface area contributed by atoms with Crippen LogP contribution in [0.5, 0.6) is 0 Å². The van der Waals surface area contributed by atoms with Gasteiger partial charge in [-0.3, -0.25) is 0 Å². The number of hydrogen-bond acceptors (Lipinski definition) is 3. The Morgan fingerprint density at radius 2 is 1.70 bits per heavy atom. The molecule has 0 amide bonds. The third kappa shape index (κ3) is 10.3. The van der Waals surface area contributed by atoms with Crippen LogP contribution in [-0.4, -0.2) is 50.7 Å². The molecular formula is C21H37IN4O. The van der Waals surface area contributed by atoms with E-state index in [9.17, 15) is 0 Å². The van der Waals surface area contributed by atoms with Gasteiger partial charge in [-0.2, -0.15) is 0 Å². The lowest BCUT2D eigenvalue weighted by atomic mass is 10.1. The summed E-state index contributed by atoms with van der Waals surface area (Å²) in [7, 11) is 1.72. The molecule has 0 atom stereocenters. The van der Waals surface area contributed by atoms with Crippen LogP contribution in [-0.2, 0) is 17.9 Å². The van der Waals surface area contributed by atoms with Gasteiger partial charge in [0.1, 0.15) is 0 Å². The van der Waals surface area contributed by atoms with Gasteiger partial charge in [0.05, 0.1) is 13.2 Å². The average molecular weight is 488 g/mol. The second-order valence-electron chi connectivity index (χ2n) is 6.98. The Bertz CT molecular complexity index is 513. The fraction of sp³-hybridized carbons (Fsp3) is 0.667. The van der Waals surface area contributed by atoms with E-state index in [0.29, 0.717) is 13.2 Å². The lowest BCUT2D eigenvalue weighted by Gasteiger charge is -2.20. The summed E-state index contributed by atoms with van der Waals surface area (Å²) in [6.07, 6.45) is 6.69. The topological polar surface area (TPSA) is 48.9 Å². The Kier molecular flexibility index (Phi) is 13.5. The van der Waals surface area contributed by atoms with Gasteiger partial charge in [-0.1, -0.05) is 37.1 Å². The van der Waals surface area contributed by atoms with E-state index >= 15 is 0 Å². The second-order valence-corrected chi connectivity index (χ2v) is 6.98. The number of rotatable bonds is 9. The van der Waals surface area contributed by atoms with Gasteiger partial charge in [0.2, 0.25) is 0 Å². The maximum atomic E-state index is 5.15. The van der Waals surface area contributed by atoms with Crippen molar-refractivity contribution in [1.29, 1.82) is 0 Å². The third-order valence-corrected chi connectivity index (χ3v) is 4.74. The molecule has 0 saturated carbocycles. The minimum atomic E-state index is 0. The van der Waals surface area contributed by atoms with Crippen molar-refractivity contribution in [2.24, 2.45) is 4.99 Å². The summed E-state index contributed by atoms with van der Waals surface area (Å²) >= 11 is 0. The van der Waals surface area contributed by atoms with Crippen LogP contribution in [0.1, 0.15) is 50.2 Å². The first-order valence-electron chi connectivity index (χ1n) is 10.1. The molecule has 1 fully saturated rings. The largest absolute Gasteiger partial charge is 0.380 e. The molecule has 2 rings (SSSR count). The van der Waals surface area contributed by atoms with Crippen molar-refractivity contribution in [3.8, 4) is 0 Å². The lowest BCUT2D eigenvalue weighted by Crippen LogP contribution is -2.39. The highest BCUT2D eigenvalue weighted by atomic mass is 127. The van der Waals surface area contributed by atoms with Crippen LogP contribution >= 0.6 is 24.0 Å². The molecule has 0 aromatic heterocycles. The van der Waals surface area contributed by atoms with Gasteiger partial charge in [-0.25, -0.2) is 4.99 Å². The standard InChI is InChI=1S/C21H36N4O.HI/c1-3-22-21(23-13-8-16-25-14-6-4-5-7-15-25)24-17-19-9-11-20(12-10-19)18-26-2;/h9-12H,3-8,13-18H2,1-2H3,(H2,22,23,24);1H. The van der Waals surface area contributed by atoms with E-state index in [2.05, 4.69) is 46.7 Å². The minimum Gasteiger partial charge on any atom is -0.380 e. The Balaban J connectivity index is 0.00000364. The Morgan fingerprint density at radius 1 is 1.04 bits per heavy atom. The molecule has 27 heavy (non-hydrogen) atoms. The average Bonchev–Trinajstić information content (AvgIpc) is 2.93. The quantitative estimate of drug-likeness (QED) is 0.241. The smallest absolute Gasteiger partial charge is 0.191 e. The van der Waals surface area contributed by atoms with Crippen molar-refractivity contribution in [3.63, 3.8) is 0 Å². The number of benzene rings is 1. The van der Waals surface area contributed by atoms with Gasteiger partial charge in [0.25, 0.3) is 0 Å². The van der Waals surface area contributed by atoms with E-state index < -0.39 is 0 Å². The molecule has 1 saturated heterocycles. The number of nitrogens with one attached hydrogen (secondary N) is 2. The number of aliphatic imine (C=N–C) groups is 1. The second kappa shape index (κ2) is 15.1. The van der Waals surface area contributed by atoms with E-state index in [1.807, 2.05) is 0 Å². The van der Waals surface area contributed by atoms with Crippen molar-refractivity contribution < 1.29 is 4.74 Å². The summed E-state index contributed by atoms with van der Waals surface area (Å²) in [6.45, 7) is 9.03. The Labute approximate surface area is 182 Å². The normalized spacial score (nSPS) is 15.7. The van der Waals surface area contributed by atoms with Crippen LogP contribution in [0.15, 0.2) is 29.3 Å². The van der Waals surface area contributed by atoms with Crippen molar-refractivity contribution >= 4 is 29.9 Å². The number of nitrogens with zero attached hydrogens (tertiary/aromatic N) is 2. The molecule has 1 aromatic rings. The van der Waals surface area contributed by atoms with E-state index in [4.69, 9.17) is 9.73 Å². The molecule has 0 unspecified atom stereocenters. The molecule has 154 valence electrons.